The molecule has 35 heavy (non-hydrogen) atoms. The number of aryl methyl sites for hydroxylation is 1. The third-order valence-electron chi connectivity index (χ3n) is 6.68. The number of nitrogens with zero attached hydrogens (tertiary/aromatic N) is 2. The molecule has 0 saturated carbocycles. The number of hydrogen-bond acceptors (Lipinski definition) is 8. The van der Waals surface area contributed by atoms with Crippen molar-refractivity contribution in [2.45, 2.75) is 128 Å². The molecule has 1 aliphatic heterocycles. The summed E-state index contributed by atoms with van der Waals surface area (Å²) in [7, 11) is 0. The fraction of sp³-hybridized carbons (Fsp3) is 0.808. The maximum Gasteiger partial charge on any atom is 0.351 e. The Bertz CT molecular complexity index is 815. The van der Waals surface area contributed by atoms with E-state index in [9.17, 15) is 19.8 Å². The van der Waals surface area contributed by atoms with Crippen molar-refractivity contribution in [1.29, 1.82) is 0 Å². The molecule has 9 nitrogen and oxygen atoms in total. The van der Waals surface area contributed by atoms with Crippen molar-refractivity contribution in [3.8, 4) is 0 Å². The van der Waals surface area contributed by atoms with Crippen molar-refractivity contribution in [1.82, 2.24) is 9.55 Å². The first-order valence-corrected chi connectivity index (χ1v) is 13.4. The molecule has 1 aromatic heterocycles. The Labute approximate surface area is 209 Å². The number of esters is 1. The molecule has 1 aliphatic rings. The first-order chi connectivity index (χ1) is 16.8. The summed E-state index contributed by atoms with van der Waals surface area (Å²) in [4.78, 5) is 27.9. The van der Waals surface area contributed by atoms with Gasteiger partial charge in [0.1, 0.15) is 30.7 Å². The summed E-state index contributed by atoms with van der Waals surface area (Å²) in [6, 6.07) is 0. The van der Waals surface area contributed by atoms with Crippen LogP contribution in [0.15, 0.2) is 11.0 Å². The van der Waals surface area contributed by atoms with E-state index in [0.717, 1.165) is 23.8 Å². The maximum absolute atomic E-state index is 12.1. The number of unbranched alkanes of at least 4 members (excludes halogenated alkanes) is 12. The molecule has 9 heteroatoms. The molecule has 200 valence electrons. The number of aliphatic hydroxyl groups is 2. The predicted octanol–water partition coefficient (Wildman–Crippen LogP) is 3.78. The predicted molar refractivity (Wildman–Crippen MR) is 135 cm³/mol. The molecule has 0 spiro atoms. The van der Waals surface area contributed by atoms with E-state index in [0.29, 0.717) is 12.0 Å². The molecule has 0 amide bonds. The number of carbonyl (C=O) groups is 1. The molecule has 4 N–H and O–H groups in total. The highest BCUT2D eigenvalue weighted by molar-refractivity contribution is 5.69. The molecule has 0 aliphatic carbocycles. The molecule has 1 saturated heterocycles. The van der Waals surface area contributed by atoms with Gasteiger partial charge in [0.25, 0.3) is 0 Å². The summed E-state index contributed by atoms with van der Waals surface area (Å²) >= 11 is 0. The number of anilines is 1. The molecular formula is C26H45N3O6. The van der Waals surface area contributed by atoms with Crippen molar-refractivity contribution >= 4 is 11.8 Å². The average Bonchev–Trinajstić information content (AvgIpc) is 3.11. The van der Waals surface area contributed by atoms with Crippen LogP contribution in [0.25, 0.3) is 0 Å². The largest absolute Gasteiger partial charge is 0.463 e. The monoisotopic (exact) mass is 495 g/mol. The smallest absolute Gasteiger partial charge is 0.351 e. The summed E-state index contributed by atoms with van der Waals surface area (Å²) in [6.07, 6.45) is 13.1. The van der Waals surface area contributed by atoms with Crippen LogP contribution < -0.4 is 11.4 Å². The number of aromatic nitrogens is 2. The Morgan fingerprint density at radius 1 is 1.00 bits per heavy atom. The van der Waals surface area contributed by atoms with Crippen molar-refractivity contribution < 1.29 is 24.5 Å². The summed E-state index contributed by atoms with van der Waals surface area (Å²) in [5, 5.41) is 20.6. The molecule has 2 rings (SSSR count). The number of ether oxygens (including phenoxy) is 2. The van der Waals surface area contributed by atoms with Gasteiger partial charge in [0.15, 0.2) is 6.23 Å². The van der Waals surface area contributed by atoms with Gasteiger partial charge in [-0.25, -0.2) is 4.79 Å². The Kier molecular flexibility index (Phi) is 13.3. The maximum atomic E-state index is 12.1. The Morgan fingerprint density at radius 3 is 2.11 bits per heavy atom. The SMILES string of the molecule is CCCCCCCCCCCCCCCC(=O)OC[C@H]1O[C@@H](n2cc(C)c(N)nc2=O)[C@@H](O)[C@@H]1O. The van der Waals surface area contributed by atoms with Crippen molar-refractivity contribution in [2.24, 2.45) is 0 Å². The minimum atomic E-state index is -1.36. The highest BCUT2D eigenvalue weighted by Crippen LogP contribution is 2.29. The van der Waals surface area contributed by atoms with Gasteiger partial charge in [-0.05, 0) is 13.3 Å². The molecule has 0 aromatic carbocycles. The van der Waals surface area contributed by atoms with E-state index in [2.05, 4.69) is 11.9 Å². The standard InChI is InChI=1S/C26H45N3O6/c1-3-4-5-6-7-8-9-10-11-12-13-14-15-16-21(30)34-18-20-22(31)23(32)25(35-20)29-17-19(2)24(27)28-26(29)33/h17,20,22-23,25,31-32H,3-16,18H2,1-2H3,(H2,27,28,33)/t20-,22-,23+,25-/m1/s1. The van der Waals surface area contributed by atoms with Crippen LogP contribution in [0.1, 0.15) is 109 Å². The van der Waals surface area contributed by atoms with Crippen molar-refractivity contribution in [3.63, 3.8) is 0 Å². The normalized spacial score (nSPS) is 21.9. The Hall–Kier alpha value is -1.97. The lowest BCUT2D eigenvalue weighted by Crippen LogP contribution is -2.36. The van der Waals surface area contributed by atoms with Crippen LogP contribution in [0, 0.1) is 6.92 Å². The molecular weight excluding hydrogens is 450 g/mol. The second-order valence-electron chi connectivity index (χ2n) is 9.72. The number of nitrogens with two attached hydrogens (primary N) is 1. The fourth-order valence-electron chi connectivity index (χ4n) is 4.39. The average molecular weight is 496 g/mol. The van der Waals surface area contributed by atoms with Gasteiger partial charge in [0.05, 0.1) is 0 Å². The summed E-state index contributed by atoms with van der Waals surface area (Å²) in [5.41, 5.74) is 5.49. The van der Waals surface area contributed by atoms with Crippen LogP contribution in [-0.2, 0) is 14.3 Å². The van der Waals surface area contributed by atoms with Gasteiger partial charge in [0.2, 0.25) is 0 Å². The minimum Gasteiger partial charge on any atom is -0.463 e. The van der Waals surface area contributed by atoms with Crippen LogP contribution in [-0.4, -0.2) is 50.7 Å². The van der Waals surface area contributed by atoms with E-state index in [-0.39, 0.29) is 18.4 Å². The van der Waals surface area contributed by atoms with Crippen LogP contribution in [0.3, 0.4) is 0 Å². The van der Waals surface area contributed by atoms with Gasteiger partial charge >= 0.3 is 11.7 Å². The quantitative estimate of drug-likeness (QED) is 0.219. The lowest BCUT2D eigenvalue weighted by atomic mass is 10.0. The van der Waals surface area contributed by atoms with Gasteiger partial charge in [-0.3, -0.25) is 9.36 Å². The minimum absolute atomic E-state index is 0.0953. The summed E-state index contributed by atoms with van der Waals surface area (Å²) < 4.78 is 12.0. The molecule has 0 bridgehead atoms. The van der Waals surface area contributed by atoms with Crippen LogP contribution in [0.5, 0.6) is 0 Å². The van der Waals surface area contributed by atoms with Gasteiger partial charge in [-0.1, -0.05) is 84.0 Å². The van der Waals surface area contributed by atoms with Gasteiger partial charge in [0, 0.05) is 18.2 Å². The van der Waals surface area contributed by atoms with E-state index in [1.54, 1.807) is 6.92 Å². The molecule has 4 atom stereocenters. The second-order valence-corrected chi connectivity index (χ2v) is 9.72. The molecule has 0 radical (unpaired) electrons. The van der Waals surface area contributed by atoms with E-state index in [4.69, 9.17) is 15.2 Å². The second kappa shape index (κ2) is 15.9. The first-order valence-electron chi connectivity index (χ1n) is 13.4. The Morgan fingerprint density at radius 2 is 1.54 bits per heavy atom. The zero-order chi connectivity index (χ0) is 25.6. The summed E-state index contributed by atoms with van der Waals surface area (Å²) in [5.74, 6) is -0.262. The molecule has 2 heterocycles. The van der Waals surface area contributed by atoms with Crippen LogP contribution in [0.4, 0.5) is 5.82 Å². The van der Waals surface area contributed by atoms with E-state index in [1.807, 2.05) is 0 Å². The molecule has 0 unspecified atom stereocenters. The van der Waals surface area contributed by atoms with Crippen LogP contribution in [0.2, 0.25) is 0 Å². The highest BCUT2D eigenvalue weighted by atomic mass is 16.6. The van der Waals surface area contributed by atoms with E-state index >= 15 is 0 Å². The summed E-state index contributed by atoms with van der Waals surface area (Å²) in [6.45, 7) is 3.72. The number of aliphatic hydroxyl groups excluding tert-OH is 2. The third-order valence-corrected chi connectivity index (χ3v) is 6.68. The highest BCUT2D eigenvalue weighted by Gasteiger charge is 2.44. The molecule has 1 fully saturated rings. The van der Waals surface area contributed by atoms with E-state index < -0.39 is 30.2 Å². The number of nitrogen functional groups attached to an aromatic ring is 1. The number of rotatable bonds is 17. The lowest BCUT2D eigenvalue weighted by Gasteiger charge is -2.18. The molecule has 1 aromatic rings. The van der Waals surface area contributed by atoms with Gasteiger partial charge in [-0.2, -0.15) is 4.98 Å². The third kappa shape index (κ3) is 9.89. The van der Waals surface area contributed by atoms with E-state index in [1.165, 1.54) is 70.4 Å². The topological polar surface area (TPSA) is 137 Å². The fourth-order valence-corrected chi connectivity index (χ4v) is 4.39. The van der Waals surface area contributed by atoms with Gasteiger partial charge < -0.3 is 25.4 Å². The Balaban J connectivity index is 1.56. The van der Waals surface area contributed by atoms with Crippen LogP contribution >= 0.6 is 0 Å². The van der Waals surface area contributed by atoms with Gasteiger partial charge in [-0.15, -0.1) is 0 Å². The number of carbonyl (C=O) groups excluding carboxylic acids is 1. The zero-order valence-electron chi connectivity index (χ0n) is 21.5. The van der Waals surface area contributed by atoms with Crippen molar-refractivity contribution in [2.75, 3.05) is 12.3 Å². The first kappa shape index (κ1) is 29.3. The zero-order valence-corrected chi connectivity index (χ0v) is 21.5. The lowest BCUT2D eigenvalue weighted by molar-refractivity contribution is -0.150. The van der Waals surface area contributed by atoms with Crippen molar-refractivity contribution in [3.05, 3.63) is 22.2 Å². The number of hydrogen-bond donors (Lipinski definition) is 3.